The Bertz CT molecular complexity index is 1470. The van der Waals surface area contributed by atoms with Crippen LogP contribution in [0.4, 0.5) is 17.6 Å². The van der Waals surface area contributed by atoms with Crippen molar-refractivity contribution in [3.63, 3.8) is 0 Å². The maximum absolute atomic E-state index is 13.5. The molecule has 1 N–H and O–H groups in total. The molecule has 3 aromatic heterocycles. The molecule has 0 amide bonds. The fourth-order valence-corrected chi connectivity index (χ4v) is 3.81. The highest BCUT2D eigenvalue weighted by Gasteiger charge is 2.57. The van der Waals surface area contributed by atoms with E-state index in [-0.39, 0.29) is 18.7 Å². The van der Waals surface area contributed by atoms with E-state index < -0.39 is 41.6 Å². The minimum atomic E-state index is -5.10. The molecule has 0 saturated carbocycles. The van der Waals surface area contributed by atoms with Gasteiger partial charge in [-0.1, -0.05) is 6.92 Å². The van der Waals surface area contributed by atoms with E-state index in [1.807, 2.05) is 0 Å². The van der Waals surface area contributed by atoms with Crippen molar-refractivity contribution in [3.8, 4) is 11.3 Å². The Balaban J connectivity index is 1.75. The lowest BCUT2D eigenvalue weighted by Gasteiger charge is -2.25. The third-order valence-corrected chi connectivity index (χ3v) is 5.72. The van der Waals surface area contributed by atoms with Gasteiger partial charge in [-0.25, -0.2) is 14.0 Å². The molecule has 4 aromatic rings. The quantitative estimate of drug-likeness (QED) is 0.296. The number of hydrogen-bond donors (Lipinski definition) is 1. The molecule has 12 heteroatoms. The first-order valence-electron chi connectivity index (χ1n) is 10.9. The van der Waals surface area contributed by atoms with Crippen LogP contribution in [0.5, 0.6) is 0 Å². The normalized spacial score (nSPS) is 13.6. The lowest BCUT2D eigenvalue weighted by molar-refractivity contribution is -0.275. The molecule has 190 valence electrons. The second kappa shape index (κ2) is 9.26. The van der Waals surface area contributed by atoms with Crippen molar-refractivity contribution in [1.82, 2.24) is 14.2 Å². The van der Waals surface area contributed by atoms with Gasteiger partial charge in [-0.2, -0.15) is 17.9 Å². The number of esters is 1. The van der Waals surface area contributed by atoms with Crippen molar-refractivity contribution < 1.29 is 36.6 Å². The number of pyridine rings is 1. The third-order valence-electron chi connectivity index (χ3n) is 5.72. The van der Waals surface area contributed by atoms with Gasteiger partial charge in [0.25, 0.3) is 5.89 Å². The number of carbonyl (C=O) groups excluding carboxylic acids is 1. The van der Waals surface area contributed by atoms with Gasteiger partial charge in [-0.3, -0.25) is 0 Å². The summed E-state index contributed by atoms with van der Waals surface area (Å²) < 4.78 is 65.6. The van der Waals surface area contributed by atoms with E-state index in [1.165, 1.54) is 24.3 Å². The Kier molecular flexibility index (Phi) is 6.48. The predicted octanol–water partition coefficient (Wildman–Crippen LogP) is 4.28. The van der Waals surface area contributed by atoms with Crippen LogP contribution in [-0.2, 0) is 16.9 Å². The van der Waals surface area contributed by atoms with Crippen molar-refractivity contribution in [3.05, 3.63) is 82.0 Å². The van der Waals surface area contributed by atoms with Gasteiger partial charge in [0.1, 0.15) is 5.82 Å². The smallest absolute Gasteiger partial charge is 0.437 e. The van der Waals surface area contributed by atoms with Gasteiger partial charge in [0.2, 0.25) is 5.60 Å². The lowest BCUT2D eigenvalue weighted by Crippen LogP contribution is -2.42. The van der Waals surface area contributed by atoms with Gasteiger partial charge < -0.3 is 18.7 Å². The van der Waals surface area contributed by atoms with Gasteiger partial charge in [-0.05, 0) is 66.9 Å². The summed E-state index contributed by atoms with van der Waals surface area (Å²) in [6.07, 6.45) is -4.30. The number of hydrogen-bond acceptors (Lipinski definition) is 6. The van der Waals surface area contributed by atoms with Crippen LogP contribution >= 0.6 is 0 Å². The number of fused-ring (bicyclic) bond motifs is 1. The predicted molar refractivity (Wildman–Crippen MR) is 119 cm³/mol. The van der Waals surface area contributed by atoms with E-state index in [9.17, 15) is 32.3 Å². The maximum Gasteiger partial charge on any atom is 0.437 e. The number of benzene rings is 1. The maximum atomic E-state index is 13.5. The number of rotatable bonds is 7. The van der Waals surface area contributed by atoms with Crippen molar-refractivity contribution in [2.75, 3.05) is 6.61 Å². The Morgan fingerprint density at radius 3 is 2.44 bits per heavy atom. The average molecular weight is 507 g/mol. The van der Waals surface area contributed by atoms with Crippen LogP contribution in [0.25, 0.3) is 16.8 Å². The Morgan fingerprint density at radius 2 is 1.83 bits per heavy atom. The molecule has 0 radical (unpaired) electrons. The summed E-state index contributed by atoms with van der Waals surface area (Å²) in [6, 6.07) is 10.3. The molecule has 0 spiro atoms. The van der Waals surface area contributed by atoms with Crippen molar-refractivity contribution >= 4 is 11.5 Å². The largest absolute Gasteiger partial charge is 0.462 e. The second-order valence-electron chi connectivity index (χ2n) is 8.01. The molecular weight excluding hydrogens is 486 g/mol. The summed E-state index contributed by atoms with van der Waals surface area (Å²) in [4.78, 5) is 24.8. The molecule has 0 aliphatic carbocycles. The molecule has 3 heterocycles. The summed E-state index contributed by atoms with van der Waals surface area (Å²) >= 11 is 0. The number of ether oxygens (including phenoxy) is 1. The van der Waals surface area contributed by atoms with Crippen LogP contribution < -0.4 is 5.76 Å². The SMILES string of the molecule is CCOC(=O)c1cc2cc(Cn3nc(C(O)(CC)C(F)(F)F)oc3=O)ccn2c1-c1ccc(F)cc1. The van der Waals surface area contributed by atoms with Crippen LogP contribution in [0.2, 0.25) is 0 Å². The molecule has 1 unspecified atom stereocenters. The third kappa shape index (κ3) is 4.39. The Morgan fingerprint density at radius 1 is 1.14 bits per heavy atom. The minimum Gasteiger partial charge on any atom is -0.462 e. The van der Waals surface area contributed by atoms with E-state index in [0.29, 0.717) is 27.0 Å². The first-order chi connectivity index (χ1) is 17.0. The molecule has 0 aliphatic heterocycles. The van der Waals surface area contributed by atoms with E-state index in [1.54, 1.807) is 35.7 Å². The van der Waals surface area contributed by atoms with Gasteiger partial charge in [0.05, 0.1) is 24.4 Å². The summed E-state index contributed by atoms with van der Waals surface area (Å²) in [5, 5.41) is 13.6. The first-order valence-corrected chi connectivity index (χ1v) is 10.9. The average Bonchev–Trinajstić information content (AvgIpc) is 3.39. The summed E-state index contributed by atoms with van der Waals surface area (Å²) in [5.74, 6) is -3.35. The number of carbonyl (C=O) groups is 1. The highest BCUT2D eigenvalue weighted by molar-refractivity contribution is 5.99. The molecule has 36 heavy (non-hydrogen) atoms. The van der Waals surface area contributed by atoms with Gasteiger partial charge in [0, 0.05) is 11.7 Å². The van der Waals surface area contributed by atoms with E-state index in [2.05, 4.69) is 9.52 Å². The molecule has 0 aliphatic rings. The zero-order valence-electron chi connectivity index (χ0n) is 19.2. The van der Waals surface area contributed by atoms with Crippen molar-refractivity contribution in [2.45, 2.75) is 38.6 Å². The van der Waals surface area contributed by atoms with Gasteiger partial charge >= 0.3 is 17.9 Å². The number of aromatic nitrogens is 3. The molecule has 1 aromatic carbocycles. The Labute approximate surface area is 201 Å². The standard InChI is InChI=1S/C24H21F4N3O5/c1-3-23(34,24(26,27)28)21-29-31(22(33)36-21)13-14-9-10-30-17(11-14)12-18(20(32)35-4-2)19(30)15-5-7-16(25)8-6-15/h5-12,34H,3-4,13H2,1-2H3. The number of alkyl halides is 3. The zero-order valence-corrected chi connectivity index (χ0v) is 19.2. The molecular formula is C24H21F4N3O5. The number of halogens is 4. The second-order valence-corrected chi connectivity index (χ2v) is 8.01. The highest BCUT2D eigenvalue weighted by atomic mass is 19.4. The van der Waals surface area contributed by atoms with Crippen LogP contribution in [0.3, 0.4) is 0 Å². The highest BCUT2D eigenvalue weighted by Crippen LogP contribution is 2.40. The number of aliphatic hydroxyl groups is 1. The van der Waals surface area contributed by atoms with Crippen LogP contribution in [-0.4, -0.2) is 38.0 Å². The molecule has 0 bridgehead atoms. The fraction of sp³-hybridized carbons (Fsp3) is 0.292. The molecule has 8 nitrogen and oxygen atoms in total. The molecule has 0 fully saturated rings. The van der Waals surface area contributed by atoms with Crippen LogP contribution in [0.1, 0.15) is 42.1 Å². The molecule has 1 atom stereocenters. The number of nitrogens with zero attached hydrogens (tertiary/aromatic N) is 3. The summed E-state index contributed by atoms with van der Waals surface area (Å²) in [7, 11) is 0. The summed E-state index contributed by atoms with van der Waals surface area (Å²) in [5.41, 5.74) is -1.21. The monoisotopic (exact) mass is 507 g/mol. The van der Waals surface area contributed by atoms with Gasteiger partial charge in [0.15, 0.2) is 0 Å². The van der Waals surface area contributed by atoms with Crippen LogP contribution in [0.15, 0.2) is 57.9 Å². The molecule has 4 rings (SSSR count). The van der Waals surface area contributed by atoms with Crippen molar-refractivity contribution in [2.24, 2.45) is 0 Å². The van der Waals surface area contributed by atoms with Crippen LogP contribution in [0, 0.1) is 5.82 Å². The topological polar surface area (TPSA) is 99.0 Å². The van der Waals surface area contributed by atoms with Gasteiger partial charge in [-0.15, -0.1) is 5.10 Å². The zero-order chi connectivity index (χ0) is 26.3. The van der Waals surface area contributed by atoms with E-state index in [4.69, 9.17) is 4.74 Å². The first kappa shape index (κ1) is 25.2. The Hall–Kier alpha value is -3.93. The van der Waals surface area contributed by atoms with E-state index in [0.717, 1.165) is 6.92 Å². The lowest BCUT2D eigenvalue weighted by atomic mass is 10.0. The van der Waals surface area contributed by atoms with E-state index >= 15 is 0 Å². The van der Waals surface area contributed by atoms with Crippen molar-refractivity contribution in [1.29, 1.82) is 0 Å². The summed E-state index contributed by atoms with van der Waals surface area (Å²) in [6.45, 7) is 2.62. The minimum absolute atomic E-state index is 0.137. The fourth-order valence-electron chi connectivity index (χ4n) is 3.81. The molecule has 0 saturated heterocycles.